The van der Waals surface area contributed by atoms with Crippen LogP contribution in [-0.4, -0.2) is 38.7 Å². The number of hydrogen-bond acceptors (Lipinski definition) is 5. The van der Waals surface area contributed by atoms with Gasteiger partial charge in [0.15, 0.2) is 12.0 Å². The predicted octanol–water partition coefficient (Wildman–Crippen LogP) is 5.96. The minimum atomic E-state index is -0.948. The van der Waals surface area contributed by atoms with Crippen LogP contribution in [0, 0.1) is 11.6 Å². The van der Waals surface area contributed by atoms with Crippen LogP contribution in [0.3, 0.4) is 0 Å². The zero-order valence-corrected chi connectivity index (χ0v) is 25.8. The van der Waals surface area contributed by atoms with Crippen molar-refractivity contribution >= 4 is 11.8 Å². The molecule has 2 aliphatic heterocycles. The first-order valence-electron chi connectivity index (χ1n) is 14.5. The lowest BCUT2D eigenvalue weighted by atomic mass is 9.95. The van der Waals surface area contributed by atoms with Crippen molar-refractivity contribution in [1.29, 1.82) is 0 Å². The van der Waals surface area contributed by atoms with Gasteiger partial charge in [0, 0.05) is 24.4 Å². The monoisotopic (exact) mass is 619 g/mol. The Kier molecular flexibility index (Phi) is 12.1. The van der Waals surface area contributed by atoms with E-state index in [1.807, 2.05) is 56.3 Å². The summed E-state index contributed by atoms with van der Waals surface area (Å²) in [5, 5.41) is 13.2. The summed E-state index contributed by atoms with van der Waals surface area (Å²) in [6.07, 6.45) is 4.76. The molecular formula is C35H39F2N3O5. The first-order chi connectivity index (χ1) is 21.6. The van der Waals surface area contributed by atoms with Crippen LogP contribution in [0.4, 0.5) is 8.78 Å². The van der Waals surface area contributed by atoms with Crippen LogP contribution >= 0.6 is 0 Å². The smallest absolute Gasteiger partial charge is 0.257 e. The van der Waals surface area contributed by atoms with Crippen molar-refractivity contribution in [3.8, 4) is 5.75 Å². The summed E-state index contributed by atoms with van der Waals surface area (Å²) >= 11 is 0. The molecule has 2 N–H and O–H groups in total. The van der Waals surface area contributed by atoms with Crippen LogP contribution in [0.25, 0.3) is 0 Å². The molecule has 5 rings (SSSR count). The van der Waals surface area contributed by atoms with Gasteiger partial charge in [-0.1, -0.05) is 55.5 Å². The third-order valence-electron chi connectivity index (χ3n) is 7.56. The highest BCUT2D eigenvalue weighted by atomic mass is 19.1. The Labute approximate surface area is 262 Å². The Balaban J connectivity index is 0.000000853. The van der Waals surface area contributed by atoms with E-state index in [9.17, 15) is 28.3 Å². The van der Waals surface area contributed by atoms with Crippen LogP contribution < -0.4 is 10.7 Å². The number of carbonyl (C=O) groups excluding carboxylic acids is 2. The molecule has 1 saturated heterocycles. The minimum Gasteiger partial charge on any atom is -0.503 e. The molecule has 8 nitrogen and oxygen atoms in total. The molecule has 45 heavy (non-hydrogen) atoms. The topological polar surface area (TPSA) is 101 Å². The highest BCUT2D eigenvalue weighted by molar-refractivity contribution is 5.94. The van der Waals surface area contributed by atoms with Crippen molar-refractivity contribution in [2.75, 3.05) is 0 Å². The Morgan fingerprint density at radius 1 is 1.16 bits per heavy atom. The molecule has 3 aromatic rings. The van der Waals surface area contributed by atoms with Gasteiger partial charge in [0.2, 0.25) is 11.3 Å². The average Bonchev–Trinajstić information content (AvgIpc) is 3.37. The molecule has 0 bridgehead atoms. The van der Waals surface area contributed by atoms with E-state index in [0.29, 0.717) is 6.07 Å². The number of ether oxygens (including phenoxy) is 1. The molecule has 1 aromatic heterocycles. The standard InChI is InChI=1S/C29H27F2N3O5.C4H8.C2H4/c1-3-16(2)28-25(17-7-5-4-6-8-17)34-23(35)12-22-27(37)26(36)20(14-33(22)15-24(34)39-28)29(38)32-13-18-9-10-19(30)11-21(18)31;1-3-4-2;1-2/h3-11,14,24-25,28,37H,12-13,15H2,1-2H3,(H,32,38);3H,1,4H2,2H3;1-2H2/b16-3+;;/t24?,25-,28+;;/m1../s1. The van der Waals surface area contributed by atoms with Gasteiger partial charge < -0.3 is 24.6 Å². The number of nitrogens with one attached hydrogen (secondary N) is 1. The number of pyridine rings is 1. The molecule has 2 amide bonds. The number of carbonyl (C=O) groups is 2. The molecule has 1 unspecified atom stereocenters. The largest absolute Gasteiger partial charge is 0.503 e. The first kappa shape index (κ1) is 34.7. The molecule has 3 atom stereocenters. The quantitative estimate of drug-likeness (QED) is 0.332. The highest BCUT2D eigenvalue weighted by Gasteiger charge is 2.47. The fraction of sp³-hybridized carbons (Fsp3) is 0.286. The van der Waals surface area contributed by atoms with Gasteiger partial charge in [-0.2, -0.15) is 0 Å². The lowest BCUT2D eigenvalue weighted by Crippen LogP contribution is -2.39. The van der Waals surface area contributed by atoms with Crippen LogP contribution in [0.1, 0.15) is 60.4 Å². The van der Waals surface area contributed by atoms with Gasteiger partial charge in [-0.3, -0.25) is 14.4 Å². The van der Waals surface area contributed by atoms with Crippen molar-refractivity contribution in [3.63, 3.8) is 0 Å². The van der Waals surface area contributed by atoms with Crippen LogP contribution in [0.2, 0.25) is 0 Å². The Morgan fingerprint density at radius 2 is 1.82 bits per heavy atom. The Bertz CT molecular complexity index is 1620. The SMILES string of the molecule is C/C=C(\C)[C@@H]1OC2Cn3cc(C(=O)NCc4ccc(F)cc4F)c(=O)c(O)c3CC(=O)N2[C@@H]1c1ccccc1.C=C.C=CCC. The number of halogens is 2. The zero-order chi connectivity index (χ0) is 33.3. The van der Waals surface area contributed by atoms with E-state index in [-0.39, 0.29) is 42.2 Å². The zero-order valence-electron chi connectivity index (χ0n) is 25.8. The Morgan fingerprint density at radius 3 is 2.42 bits per heavy atom. The van der Waals surface area contributed by atoms with Gasteiger partial charge in [0.25, 0.3) is 5.91 Å². The predicted molar refractivity (Wildman–Crippen MR) is 169 cm³/mol. The lowest BCUT2D eigenvalue weighted by Gasteiger charge is -2.28. The molecule has 0 aliphatic carbocycles. The van der Waals surface area contributed by atoms with Gasteiger partial charge in [-0.05, 0) is 37.5 Å². The van der Waals surface area contributed by atoms with Crippen LogP contribution in [0.5, 0.6) is 5.75 Å². The average molecular weight is 620 g/mol. The van der Waals surface area contributed by atoms with Gasteiger partial charge in [-0.25, -0.2) is 8.78 Å². The molecule has 3 heterocycles. The van der Waals surface area contributed by atoms with E-state index in [4.69, 9.17) is 4.74 Å². The van der Waals surface area contributed by atoms with E-state index >= 15 is 0 Å². The number of nitrogens with zero attached hydrogens (tertiary/aromatic N) is 2. The van der Waals surface area contributed by atoms with E-state index in [2.05, 4.69) is 32.0 Å². The van der Waals surface area contributed by atoms with Crippen LogP contribution in [-0.2, 0) is 29.0 Å². The molecule has 2 aliphatic rings. The van der Waals surface area contributed by atoms with Gasteiger partial charge in [-0.15, -0.1) is 19.7 Å². The lowest BCUT2D eigenvalue weighted by molar-refractivity contribution is -0.136. The summed E-state index contributed by atoms with van der Waals surface area (Å²) in [6.45, 7) is 15.1. The molecule has 238 valence electrons. The summed E-state index contributed by atoms with van der Waals surface area (Å²) in [6, 6.07) is 12.0. The molecule has 1 fully saturated rings. The van der Waals surface area contributed by atoms with Crippen LogP contribution in [0.15, 0.2) is 97.0 Å². The Hall–Kier alpha value is -4.83. The number of amides is 2. The van der Waals surface area contributed by atoms with Gasteiger partial charge in [0.1, 0.15) is 23.3 Å². The number of hydrogen-bond donors (Lipinski definition) is 2. The molecule has 10 heteroatoms. The maximum Gasteiger partial charge on any atom is 0.257 e. The van der Waals surface area contributed by atoms with E-state index in [0.717, 1.165) is 23.6 Å². The second-order valence-corrected chi connectivity index (χ2v) is 10.3. The van der Waals surface area contributed by atoms with Crippen molar-refractivity contribution in [1.82, 2.24) is 14.8 Å². The molecule has 0 saturated carbocycles. The fourth-order valence-corrected chi connectivity index (χ4v) is 5.12. The molecule has 0 radical (unpaired) electrons. The first-order valence-corrected chi connectivity index (χ1v) is 14.5. The highest BCUT2D eigenvalue weighted by Crippen LogP contribution is 2.41. The summed E-state index contributed by atoms with van der Waals surface area (Å²) in [5.74, 6) is -3.48. The molecular weight excluding hydrogens is 580 g/mol. The number of benzene rings is 2. The van der Waals surface area contributed by atoms with Crippen molar-refractivity contribution in [2.45, 2.75) is 65.1 Å². The summed E-state index contributed by atoms with van der Waals surface area (Å²) in [7, 11) is 0. The third-order valence-corrected chi connectivity index (χ3v) is 7.56. The van der Waals surface area contributed by atoms with Crippen molar-refractivity contribution < 1.29 is 28.2 Å². The van der Waals surface area contributed by atoms with Crippen molar-refractivity contribution in [3.05, 3.63) is 136 Å². The normalized spacial score (nSPS) is 18.7. The third kappa shape index (κ3) is 7.64. The molecule has 0 spiro atoms. The summed E-state index contributed by atoms with van der Waals surface area (Å²) < 4.78 is 35.0. The minimum absolute atomic E-state index is 0.0294. The van der Waals surface area contributed by atoms with Gasteiger partial charge in [0.05, 0.1) is 24.7 Å². The summed E-state index contributed by atoms with van der Waals surface area (Å²) in [5.41, 5.74) is 0.616. The number of allylic oxidation sites excluding steroid dienone is 2. The second kappa shape index (κ2) is 15.8. The molecule has 2 aromatic carbocycles. The number of rotatable bonds is 6. The number of fused-ring (bicyclic) bond motifs is 2. The number of aromatic nitrogens is 1. The maximum atomic E-state index is 14.0. The van der Waals surface area contributed by atoms with E-state index < -0.39 is 47.1 Å². The number of aromatic hydroxyl groups is 1. The second-order valence-electron chi connectivity index (χ2n) is 10.3. The van der Waals surface area contributed by atoms with E-state index in [1.54, 1.807) is 4.90 Å². The van der Waals surface area contributed by atoms with Gasteiger partial charge >= 0.3 is 0 Å². The summed E-state index contributed by atoms with van der Waals surface area (Å²) in [4.78, 5) is 41.0. The fourth-order valence-electron chi connectivity index (χ4n) is 5.12. The van der Waals surface area contributed by atoms with E-state index in [1.165, 1.54) is 16.8 Å². The van der Waals surface area contributed by atoms with Crippen molar-refractivity contribution in [2.24, 2.45) is 0 Å². The maximum absolute atomic E-state index is 14.0.